The molecular weight excluding hydrogens is 376 g/mol. The SMILES string of the molecule is Cc1ccccc1Sc1ccc(/C=C2\SC(=S)NC2=O)cc1[N+](=O)[O-]. The van der Waals surface area contributed by atoms with Gasteiger partial charge in [0.1, 0.15) is 4.32 Å². The van der Waals surface area contributed by atoms with Gasteiger partial charge in [0.15, 0.2) is 0 Å². The number of carbonyl (C=O) groups excluding carboxylic acids is 1. The van der Waals surface area contributed by atoms with E-state index in [2.05, 4.69) is 5.32 Å². The highest BCUT2D eigenvalue weighted by atomic mass is 32.2. The van der Waals surface area contributed by atoms with E-state index in [1.807, 2.05) is 31.2 Å². The number of aryl methyl sites for hydroxylation is 1. The number of amides is 1. The summed E-state index contributed by atoms with van der Waals surface area (Å²) < 4.78 is 0.387. The largest absolute Gasteiger partial charge is 0.307 e. The Hall–Kier alpha value is -2.16. The number of carbonyl (C=O) groups is 1. The number of nitro groups is 1. The van der Waals surface area contributed by atoms with Gasteiger partial charge in [0.25, 0.3) is 11.6 Å². The number of benzene rings is 2. The van der Waals surface area contributed by atoms with E-state index in [4.69, 9.17) is 12.2 Å². The van der Waals surface area contributed by atoms with Crippen molar-refractivity contribution >= 4 is 57.7 Å². The first-order chi connectivity index (χ1) is 11.9. The van der Waals surface area contributed by atoms with Crippen LogP contribution in [0.4, 0.5) is 5.69 Å². The van der Waals surface area contributed by atoms with Crippen molar-refractivity contribution in [1.29, 1.82) is 0 Å². The maximum atomic E-state index is 11.7. The van der Waals surface area contributed by atoms with E-state index in [1.165, 1.54) is 17.8 Å². The molecule has 0 unspecified atom stereocenters. The molecular formula is C17H12N2O3S3. The van der Waals surface area contributed by atoms with Crippen LogP contribution in [0.3, 0.4) is 0 Å². The molecule has 2 aromatic rings. The Morgan fingerprint density at radius 1 is 1.24 bits per heavy atom. The first kappa shape index (κ1) is 17.7. The predicted molar refractivity (Wildman–Crippen MR) is 105 cm³/mol. The lowest BCUT2D eigenvalue weighted by atomic mass is 10.2. The summed E-state index contributed by atoms with van der Waals surface area (Å²) in [5.41, 5.74) is 1.65. The number of thioether (sulfide) groups is 1. The van der Waals surface area contributed by atoms with Crippen LogP contribution in [0.5, 0.6) is 0 Å². The summed E-state index contributed by atoms with van der Waals surface area (Å²) in [5, 5.41) is 14.0. The van der Waals surface area contributed by atoms with E-state index >= 15 is 0 Å². The number of hydrogen-bond donors (Lipinski definition) is 1. The lowest BCUT2D eigenvalue weighted by molar-refractivity contribution is -0.387. The monoisotopic (exact) mass is 388 g/mol. The quantitative estimate of drug-likeness (QED) is 0.359. The minimum absolute atomic E-state index is 0.00795. The van der Waals surface area contributed by atoms with Crippen LogP contribution < -0.4 is 5.32 Å². The molecule has 1 N–H and O–H groups in total. The Bertz CT molecular complexity index is 925. The molecule has 1 heterocycles. The summed E-state index contributed by atoms with van der Waals surface area (Å²) >= 11 is 7.44. The summed E-state index contributed by atoms with van der Waals surface area (Å²) in [7, 11) is 0. The number of nitrogens with zero attached hydrogens (tertiary/aromatic N) is 1. The van der Waals surface area contributed by atoms with E-state index in [0.717, 1.165) is 22.2 Å². The molecule has 1 saturated heterocycles. The molecule has 5 nitrogen and oxygen atoms in total. The predicted octanol–water partition coefficient (Wildman–Crippen LogP) is 4.54. The Labute approximate surface area is 158 Å². The molecule has 0 bridgehead atoms. The molecule has 126 valence electrons. The van der Waals surface area contributed by atoms with Crippen molar-refractivity contribution in [2.75, 3.05) is 0 Å². The van der Waals surface area contributed by atoms with Crippen molar-refractivity contribution in [3.05, 3.63) is 68.6 Å². The number of thiocarbonyl (C=S) groups is 1. The molecule has 8 heteroatoms. The molecule has 0 atom stereocenters. The topological polar surface area (TPSA) is 72.2 Å². The van der Waals surface area contributed by atoms with Gasteiger partial charge >= 0.3 is 0 Å². The van der Waals surface area contributed by atoms with Gasteiger partial charge in [0.2, 0.25) is 0 Å². The molecule has 1 aliphatic heterocycles. The Balaban J connectivity index is 1.95. The molecule has 25 heavy (non-hydrogen) atoms. The number of hydrogen-bond acceptors (Lipinski definition) is 6. The van der Waals surface area contributed by atoms with Crippen molar-refractivity contribution in [1.82, 2.24) is 5.32 Å². The molecule has 0 aromatic heterocycles. The molecule has 1 fully saturated rings. The molecule has 0 radical (unpaired) electrons. The Morgan fingerprint density at radius 3 is 2.64 bits per heavy atom. The van der Waals surface area contributed by atoms with Gasteiger partial charge in [-0.05, 0) is 36.3 Å². The van der Waals surface area contributed by atoms with Crippen LogP contribution in [0.25, 0.3) is 6.08 Å². The van der Waals surface area contributed by atoms with E-state index in [-0.39, 0.29) is 11.6 Å². The fourth-order valence-corrected chi connectivity index (χ4v) is 4.25. The molecule has 0 spiro atoms. The van der Waals surface area contributed by atoms with Gasteiger partial charge in [-0.25, -0.2) is 0 Å². The highest BCUT2D eigenvalue weighted by Crippen LogP contribution is 2.37. The summed E-state index contributed by atoms with van der Waals surface area (Å²) in [6.45, 7) is 1.96. The molecule has 1 aliphatic rings. The average Bonchev–Trinajstić information content (AvgIpc) is 2.88. The van der Waals surface area contributed by atoms with Crippen LogP contribution in [-0.2, 0) is 4.79 Å². The van der Waals surface area contributed by atoms with Crippen molar-refractivity contribution in [2.45, 2.75) is 16.7 Å². The summed E-state index contributed by atoms with van der Waals surface area (Å²) in [4.78, 5) is 24.7. The highest BCUT2D eigenvalue weighted by Gasteiger charge is 2.23. The van der Waals surface area contributed by atoms with Gasteiger partial charge in [-0.2, -0.15) is 0 Å². The van der Waals surface area contributed by atoms with Gasteiger partial charge in [-0.15, -0.1) is 0 Å². The van der Waals surface area contributed by atoms with Crippen molar-refractivity contribution in [3.63, 3.8) is 0 Å². The minimum Gasteiger partial charge on any atom is -0.307 e. The number of rotatable bonds is 4. The van der Waals surface area contributed by atoms with Crippen LogP contribution in [0, 0.1) is 17.0 Å². The molecule has 0 aliphatic carbocycles. The van der Waals surface area contributed by atoms with E-state index in [9.17, 15) is 14.9 Å². The Kier molecular flexibility index (Phi) is 5.22. The second-order valence-electron chi connectivity index (χ2n) is 5.20. The highest BCUT2D eigenvalue weighted by molar-refractivity contribution is 8.26. The van der Waals surface area contributed by atoms with E-state index < -0.39 is 4.92 Å². The molecule has 1 amide bonds. The number of nitrogens with one attached hydrogen (secondary N) is 1. The smallest absolute Gasteiger partial charge is 0.283 e. The maximum Gasteiger partial charge on any atom is 0.283 e. The van der Waals surface area contributed by atoms with Gasteiger partial charge in [-0.1, -0.05) is 60.0 Å². The van der Waals surface area contributed by atoms with Gasteiger partial charge < -0.3 is 5.32 Å². The summed E-state index contributed by atoms with van der Waals surface area (Å²) in [6.07, 6.45) is 1.61. The lowest BCUT2D eigenvalue weighted by Gasteiger charge is -2.07. The zero-order valence-electron chi connectivity index (χ0n) is 13.0. The standard InChI is InChI=1S/C17H12N2O3S3/c1-10-4-2-3-5-13(10)24-14-7-6-11(8-12(14)19(21)22)9-15-16(20)18-17(23)25-15/h2-9H,1H3,(H,18,20,23)/b15-9-. The third kappa shape index (κ3) is 4.09. The van der Waals surface area contributed by atoms with Crippen LogP contribution in [0.15, 0.2) is 57.2 Å². The molecule has 2 aromatic carbocycles. The lowest BCUT2D eigenvalue weighted by Crippen LogP contribution is -2.17. The first-order valence-corrected chi connectivity index (χ1v) is 9.25. The van der Waals surface area contributed by atoms with Crippen molar-refractivity contribution in [2.24, 2.45) is 0 Å². The second-order valence-corrected chi connectivity index (χ2v) is 8.01. The average molecular weight is 388 g/mol. The van der Waals surface area contributed by atoms with Crippen molar-refractivity contribution < 1.29 is 9.72 Å². The van der Waals surface area contributed by atoms with Gasteiger partial charge in [-0.3, -0.25) is 14.9 Å². The van der Waals surface area contributed by atoms with Crippen molar-refractivity contribution in [3.8, 4) is 0 Å². The van der Waals surface area contributed by atoms with E-state index in [1.54, 1.807) is 18.2 Å². The van der Waals surface area contributed by atoms with Crippen LogP contribution in [0.2, 0.25) is 0 Å². The van der Waals surface area contributed by atoms with Crippen LogP contribution >= 0.6 is 35.7 Å². The maximum absolute atomic E-state index is 11.7. The first-order valence-electron chi connectivity index (χ1n) is 7.21. The third-order valence-corrected chi connectivity index (χ3v) is 5.84. The third-order valence-electron chi connectivity index (χ3n) is 3.43. The number of nitro benzene ring substituents is 1. The van der Waals surface area contributed by atoms with Crippen LogP contribution in [-0.4, -0.2) is 15.2 Å². The minimum atomic E-state index is -0.408. The van der Waals surface area contributed by atoms with Crippen LogP contribution in [0.1, 0.15) is 11.1 Å². The van der Waals surface area contributed by atoms with Gasteiger partial charge in [0.05, 0.1) is 14.7 Å². The summed E-state index contributed by atoms with van der Waals surface area (Å²) in [6, 6.07) is 12.7. The zero-order chi connectivity index (χ0) is 18.0. The molecule has 3 rings (SSSR count). The fourth-order valence-electron chi connectivity index (χ4n) is 2.21. The molecule has 0 saturated carbocycles. The Morgan fingerprint density at radius 2 is 2.00 bits per heavy atom. The van der Waals surface area contributed by atoms with Gasteiger partial charge in [0, 0.05) is 11.0 Å². The second kappa shape index (κ2) is 7.38. The summed E-state index contributed by atoms with van der Waals surface area (Å²) in [5.74, 6) is -0.281. The fraction of sp³-hybridized carbons (Fsp3) is 0.0588. The van der Waals surface area contributed by atoms with E-state index in [0.29, 0.717) is 19.7 Å². The zero-order valence-corrected chi connectivity index (χ0v) is 15.5. The normalized spacial score (nSPS) is 15.5.